The highest BCUT2D eigenvalue weighted by Crippen LogP contribution is 2.35. The van der Waals surface area contributed by atoms with Crippen LogP contribution in [0.1, 0.15) is 5.56 Å². The van der Waals surface area contributed by atoms with Crippen molar-refractivity contribution in [1.29, 1.82) is 0 Å². The second kappa shape index (κ2) is 5.55. The number of fused-ring (bicyclic) bond motifs is 1. The Balaban J connectivity index is 1.87. The fourth-order valence-electron chi connectivity index (χ4n) is 2.82. The molecule has 0 unspecified atom stereocenters. The number of rotatable bonds is 2. The van der Waals surface area contributed by atoms with E-state index in [-0.39, 0.29) is 5.82 Å². The number of nitrogens with one attached hydrogen (secondary N) is 1. The Morgan fingerprint density at radius 3 is 2.57 bits per heavy atom. The molecule has 3 aromatic rings. The molecular weight excluding hydrogens is 336 g/mol. The van der Waals surface area contributed by atoms with Gasteiger partial charge in [0.1, 0.15) is 11.6 Å². The summed E-state index contributed by atoms with van der Waals surface area (Å²) in [7, 11) is 0. The lowest BCUT2D eigenvalue weighted by Crippen LogP contribution is -2.04. The van der Waals surface area contributed by atoms with Crippen molar-refractivity contribution in [2.75, 3.05) is 11.9 Å². The SMILES string of the molecule is Fc1ccc(-c2nn(-c3ccc(Cl)c(Cl)c3)c3c2CCN3)cc1. The smallest absolute Gasteiger partial charge is 0.133 e. The van der Waals surface area contributed by atoms with Crippen LogP contribution in [0.2, 0.25) is 10.0 Å². The Bertz CT molecular complexity index is 888. The maximum absolute atomic E-state index is 13.2. The summed E-state index contributed by atoms with van der Waals surface area (Å²) in [5.74, 6) is 0.690. The summed E-state index contributed by atoms with van der Waals surface area (Å²) in [5, 5.41) is 9.04. The lowest BCUT2D eigenvalue weighted by Gasteiger charge is -2.07. The van der Waals surface area contributed by atoms with Crippen LogP contribution in [0.5, 0.6) is 0 Å². The van der Waals surface area contributed by atoms with Crippen molar-refractivity contribution in [3.63, 3.8) is 0 Å². The lowest BCUT2D eigenvalue weighted by atomic mass is 10.1. The first-order valence-corrected chi connectivity index (χ1v) is 7.96. The van der Waals surface area contributed by atoms with Gasteiger partial charge >= 0.3 is 0 Å². The van der Waals surface area contributed by atoms with Gasteiger partial charge in [-0.25, -0.2) is 9.07 Å². The van der Waals surface area contributed by atoms with Crippen LogP contribution in [0.15, 0.2) is 42.5 Å². The quantitative estimate of drug-likeness (QED) is 0.710. The first kappa shape index (κ1) is 14.5. The molecule has 0 bridgehead atoms. The van der Waals surface area contributed by atoms with Gasteiger partial charge < -0.3 is 5.32 Å². The van der Waals surface area contributed by atoms with Crippen LogP contribution >= 0.6 is 23.2 Å². The normalized spacial score (nSPS) is 13.0. The van der Waals surface area contributed by atoms with Gasteiger partial charge in [0.15, 0.2) is 0 Å². The van der Waals surface area contributed by atoms with Crippen LogP contribution in [-0.2, 0) is 6.42 Å². The van der Waals surface area contributed by atoms with Crippen molar-refractivity contribution < 1.29 is 4.39 Å². The largest absolute Gasteiger partial charge is 0.369 e. The summed E-state index contributed by atoms with van der Waals surface area (Å²) in [6.07, 6.45) is 0.878. The first-order chi connectivity index (χ1) is 11.1. The van der Waals surface area contributed by atoms with Crippen molar-refractivity contribution in [2.45, 2.75) is 6.42 Å². The zero-order valence-corrected chi connectivity index (χ0v) is 13.5. The number of benzene rings is 2. The molecule has 0 atom stereocenters. The fourth-order valence-corrected chi connectivity index (χ4v) is 3.11. The van der Waals surface area contributed by atoms with Gasteiger partial charge in [0.05, 0.1) is 21.4 Å². The molecule has 0 amide bonds. The summed E-state index contributed by atoms with van der Waals surface area (Å²) in [6, 6.07) is 11.8. The molecule has 2 aromatic carbocycles. The molecular formula is C17H12Cl2FN3. The van der Waals surface area contributed by atoms with Crippen LogP contribution < -0.4 is 5.32 Å². The second-order valence-corrected chi connectivity index (χ2v) is 6.18. The standard InChI is InChI=1S/C17H12Cl2FN3/c18-14-6-5-12(9-15(14)19)23-17-13(7-8-21-17)16(22-23)10-1-3-11(20)4-2-10/h1-6,9,21H,7-8H2. The summed E-state index contributed by atoms with van der Waals surface area (Å²) < 4.78 is 15.0. The third-order valence-electron chi connectivity index (χ3n) is 3.92. The van der Waals surface area contributed by atoms with Gasteiger partial charge in [0, 0.05) is 17.7 Å². The van der Waals surface area contributed by atoms with E-state index in [1.165, 1.54) is 12.1 Å². The molecule has 1 aliphatic heterocycles. The number of halogens is 3. The van der Waals surface area contributed by atoms with Crippen molar-refractivity contribution >= 4 is 29.0 Å². The summed E-state index contributed by atoms with van der Waals surface area (Å²) in [4.78, 5) is 0. The van der Waals surface area contributed by atoms with Crippen LogP contribution in [-0.4, -0.2) is 16.3 Å². The highest BCUT2D eigenvalue weighted by atomic mass is 35.5. The highest BCUT2D eigenvalue weighted by molar-refractivity contribution is 6.42. The molecule has 0 fully saturated rings. The van der Waals surface area contributed by atoms with E-state index in [4.69, 9.17) is 28.3 Å². The lowest BCUT2D eigenvalue weighted by molar-refractivity contribution is 0.628. The minimum Gasteiger partial charge on any atom is -0.369 e. The van der Waals surface area contributed by atoms with Gasteiger partial charge in [0.25, 0.3) is 0 Å². The summed E-state index contributed by atoms with van der Waals surface area (Å²) in [6.45, 7) is 0.850. The Morgan fingerprint density at radius 1 is 1.04 bits per heavy atom. The second-order valence-electron chi connectivity index (χ2n) is 5.37. The Labute approximate surface area is 142 Å². The molecule has 0 saturated carbocycles. The molecule has 1 aromatic heterocycles. The first-order valence-electron chi connectivity index (χ1n) is 7.20. The van der Waals surface area contributed by atoms with Gasteiger partial charge in [-0.15, -0.1) is 0 Å². The molecule has 0 radical (unpaired) electrons. The Kier molecular flexibility index (Phi) is 3.51. The monoisotopic (exact) mass is 347 g/mol. The van der Waals surface area contributed by atoms with Crippen molar-refractivity contribution in [2.24, 2.45) is 0 Å². The van der Waals surface area contributed by atoms with E-state index in [1.807, 2.05) is 10.7 Å². The molecule has 2 heterocycles. The maximum atomic E-state index is 13.2. The van der Waals surface area contributed by atoms with E-state index >= 15 is 0 Å². The van der Waals surface area contributed by atoms with Crippen LogP contribution in [0.4, 0.5) is 10.2 Å². The highest BCUT2D eigenvalue weighted by Gasteiger charge is 2.24. The van der Waals surface area contributed by atoms with Crippen LogP contribution in [0.25, 0.3) is 16.9 Å². The molecule has 3 nitrogen and oxygen atoms in total. The predicted octanol–water partition coefficient (Wildman–Crippen LogP) is 4.95. The molecule has 6 heteroatoms. The third kappa shape index (κ3) is 2.48. The zero-order valence-electron chi connectivity index (χ0n) is 12.0. The molecule has 4 rings (SSSR count). The van der Waals surface area contributed by atoms with Crippen LogP contribution in [0.3, 0.4) is 0 Å². The molecule has 1 N–H and O–H groups in total. The van der Waals surface area contributed by atoms with Crippen molar-refractivity contribution in [3.05, 3.63) is 63.9 Å². The average molecular weight is 348 g/mol. The Morgan fingerprint density at radius 2 is 1.83 bits per heavy atom. The number of hydrogen-bond donors (Lipinski definition) is 1. The van der Waals surface area contributed by atoms with Gasteiger partial charge in [-0.3, -0.25) is 0 Å². The number of hydrogen-bond acceptors (Lipinski definition) is 2. The van der Waals surface area contributed by atoms with E-state index in [0.29, 0.717) is 10.0 Å². The maximum Gasteiger partial charge on any atom is 0.133 e. The molecule has 0 saturated heterocycles. The molecule has 0 spiro atoms. The third-order valence-corrected chi connectivity index (χ3v) is 4.66. The number of anilines is 1. The van der Waals surface area contributed by atoms with E-state index in [0.717, 1.165) is 41.3 Å². The van der Waals surface area contributed by atoms with E-state index in [2.05, 4.69) is 5.32 Å². The van der Waals surface area contributed by atoms with Gasteiger partial charge in [-0.05, 0) is 48.9 Å². The number of aromatic nitrogens is 2. The van der Waals surface area contributed by atoms with E-state index in [9.17, 15) is 4.39 Å². The average Bonchev–Trinajstić information content (AvgIpc) is 3.13. The minimum absolute atomic E-state index is 0.257. The molecule has 23 heavy (non-hydrogen) atoms. The minimum atomic E-state index is -0.257. The van der Waals surface area contributed by atoms with Gasteiger partial charge in [0.2, 0.25) is 0 Å². The van der Waals surface area contributed by atoms with E-state index in [1.54, 1.807) is 24.3 Å². The van der Waals surface area contributed by atoms with Gasteiger partial charge in [-0.2, -0.15) is 5.10 Å². The van der Waals surface area contributed by atoms with E-state index < -0.39 is 0 Å². The van der Waals surface area contributed by atoms with Gasteiger partial charge in [-0.1, -0.05) is 23.2 Å². The number of nitrogens with zero attached hydrogens (tertiary/aromatic N) is 2. The fraction of sp³-hybridized carbons (Fsp3) is 0.118. The van der Waals surface area contributed by atoms with Crippen LogP contribution in [0, 0.1) is 5.82 Å². The predicted molar refractivity (Wildman–Crippen MR) is 91.2 cm³/mol. The Hall–Kier alpha value is -2.04. The molecule has 1 aliphatic rings. The zero-order chi connectivity index (χ0) is 16.0. The summed E-state index contributed by atoms with van der Waals surface area (Å²) in [5.41, 5.74) is 3.71. The molecule has 0 aliphatic carbocycles. The summed E-state index contributed by atoms with van der Waals surface area (Å²) >= 11 is 12.1. The van der Waals surface area contributed by atoms with Crippen molar-refractivity contribution in [3.8, 4) is 16.9 Å². The van der Waals surface area contributed by atoms with Crippen molar-refractivity contribution in [1.82, 2.24) is 9.78 Å². The topological polar surface area (TPSA) is 29.9 Å². The molecule has 116 valence electrons.